The zero-order valence-corrected chi connectivity index (χ0v) is 14.0. The lowest BCUT2D eigenvalue weighted by molar-refractivity contribution is -0.124. The highest BCUT2D eigenvalue weighted by atomic mass is 16.2. The standard InChI is InChI=1S/C16H33N3O/c1-6-11-17-13-7-9-14(10-8-13)19(5)12-15(20)18-16(2,3)4/h13-14,17H,6-12H2,1-5H3,(H,18,20). The Hall–Kier alpha value is -0.610. The molecule has 4 heteroatoms. The SMILES string of the molecule is CCCNC1CCC(N(C)CC(=O)NC(C)(C)C)CC1. The van der Waals surface area contributed by atoms with E-state index in [4.69, 9.17) is 0 Å². The van der Waals surface area contributed by atoms with E-state index in [1.54, 1.807) is 0 Å². The van der Waals surface area contributed by atoms with E-state index in [9.17, 15) is 4.79 Å². The van der Waals surface area contributed by atoms with Gasteiger partial charge in [-0.05, 0) is 66.5 Å². The van der Waals surface area contributed by atoms with Crippen molar-refractivity contribution in [3.8, 4) is 0 Å². The molecule has 4 nitrogen and oxygen atoms in total. The summed E-state index contributed by atoms with van der Waals surface area (Å²) in [7, 11) is 2.08. The fourth-order valence-electron chi connectivity index (χ4n) is 2.88. The molecule has 1 rings (SSSR count). The largest absolute Gasteiger partial charge is 0.350 e. The maximum absolute atomic E-state index is 12.0. The number of nitrogens with one attached hydrogen (secondary N) is 2. The van der Waals surface area contributed by atoms with Crippen molar-refractivity contribution in [2.75, 3.05) is 20.1 Å². The summed E-state index contributed by atoms with van der Waals surface area (Å²) in [6.45, 7) is 9.91. The zero-order chi connectivity index (χ0) is 15.2. The fourth-order valence-corrected chi connectivity index (χ4v) is 2.88. The summed E-state index contributed by atoms with van der Waals surface area (Å²) in [5, 5.41) is 6.64. The van der Waals surface area contributed by atoms with Crippen LogP contribution in [0, 0.1) is 0 Å². The van der Waals surface area contributed by atoms with Crippen LogP contribution in [-0.2, 0) is 4.79 Å². The van der Waals surface area contributed by atoms with Gasteiger partial charge in [0.1, 0.15) is 0 Å². The summed E-state index contributed by atoms with van der Waals surface area (Å²) >= 11 is 0. The second kappa shape index (κ2) is 7.99. The molecular formula is C16H33N3O. The Labute approximate surface area is 124 Å². The summed E-state index contributed by atoms with van der Waals surface area (Å²) in [6, 6.07) is 1.24. The molecule has 0 bridgehead atoms. The molecule has 2 N–H and O–H groups in total. The second-order valence-corrected chi connectivity index (χ2v) is 7.17. The van der Waals surface area contributed by atoms with E-state index in [2.05, 4.69) is 29.5 Å². The van der Waals surface area contributed by atoms with E-state index >= 15 is 0 Å². The first kappa shape index (κ1) is 17.4. The molecule has 20 heavy (non-hydrogen) atoms. The zero-order valence-electron chi connectivity index (χ0n) is 14.0. The summed E-state index contributed by atoms with van der Waals surface area (Å²) < 4.78 is 0. The molecule has 1 fully saturated rings. The van der Waals surface area contributed by atoms with Gasteiger partial charge in [-0.1, -0.05) is 6.92 Å². The van der Waals surface area contributed by atoms with E-state index in [1.165, 1.54) is 32.1 Å². The van der Waals surface area contributed by atoms with Crippen LogP contribution in [0.2, 0.25) is 0 Å². The van der Waals surface area contributed by atoms with Crippen molar-refractivity contribution in [2.45, 2.75) is 77.4 Å². The van der Waals surface area contributed by atoms with Gasteiger partial charge in [0, 0.05) is 17.6 Å². The van der Waals surface area contributed by atoms with Crippen LogP contribution in [0.1, 0.15) is 59.8 Å². The lowest BCUT2D eigenvalue weighted by Gasteiger charge is -2.35. The number of nitrogens with zero attached hydrogens (tertiary/aromatic N) is 1. The number of rotatable bonds is 6. The predicted octanol–water partition coefficient (Wildman–Crippen LogP) is 2.14. The Morgan fingerprint density at radius 1 is 1.20 bits per heavy atom. The third kappa shape index (κ3) is 6.71. The number of carbonyl (C=O) groups excluding carboxylic acids is 1. The van der Waals surface area contributed by atoms with Gasteiger partial charge in [-0.2, -0.15) is 0 Å². The van der Waals surface area contributed by atoms with Gasteiger partial charge in [-0.15, -0.1) is 0 Å². The lowest BCUT2D eigenvalue weighted by atomic mass is 9.90. The topological polar surface area (TPSA) is 44.4 Å². The molecule has 0 aliphatic heterocycles. The van der Waals surface area contributed by atoms with Crippen molar-refractivity contribution >= 4 is 5.91 Å². The molecule has 1 aliphatic rings. The van der Waals surface area contributed by atoms with E-state index in [-0.39, 0.29) is 11.4 Å². The van der Waals surface area contributed by atoms with Crippen LogP contribution < -0.4 is 10.6 Å². The molecule has 0 spiro atoms. The maximum atomic E-state index is 12.0. The van der Waals surface area contributed by atoms with Crippen molar-refractivity contribution in [3.63, 3.8) is 0 Å². The van der Waals surface area contributed by atoms with Gasteiger partial charge in [0.2, 0.25) is 5.91 Å². The number of hydrogen-bond donors (Lipinski definition) is 2. The van der Waals surface area contributed by atoms with Crippen LogP contribution >= 0.6 is 0 Å². The summed E-state index contributed by atoms with van der Waals surface area (Å²) in [4.78, 5) is 14.2. The number of hydrogen-bond acceptors (Lipinski definition) is 3. The van der Waals surface area contributed by atoms with Gasteiger partial charge < -0.3 is 10.6 Å². The summed E-state index contributed by atoms with van der Waals surface area (Å²) in [5.41, 5.74) is -0.139. The molecule has 1 aliphatic carbocycles. The van der Waals surface area contributed by atoms with Crippen LogP contribution in [0.5, 0.6) is 0 Å². The number of amides is 1. The van der Waals surface area contributed by atoms with E-state index in [1.807, 2.05) is 20.8 Å². The Balaban J connectivity index is 2.28. The van der Waals surface area contributed by atoms with Gasteiger partial charge in [-0.25, -0.2) is 0 Å². The van der Waals surface area contributed by atoms with Gasteiger partial charge >= 0.3 is 0 Å². The van der Waals surface area contributed by atoms with Gasteiger partial charge in [0.15, 0.2) is 0 Å². The van der Waals surface area contributed by atoms with Crippen molar-refractivity contribution in [1.29, 1.82) is 0 Å². The first-order valence-corrected chi connectivity index (χ1v) is 8.06. The molecule has 0 unspecified atom stereocenters. The monoisotopic (exact) mass is 283 g/mol. The molecule has 0 aromatic carbocycles. The normalized spacial score (nSPS) is 23.9. The highest BCUT2D eigenvalue weighted by molar-refractivity contribution is 5.78. The molecule has 0 radical (unpaired) electrons. The highest BCUT2D eigenvalue weighted by Crippen LogP contribution is 2.22. The maximum Gasteiger partial charge on any atom is 0.234 e. The van der Waals surface area contributed by atoms with Crippen molar-refractivity contribution < 1.29 is 4.79 Å². The number of carbonyl (C=O) groups is 1. The van der Waals surface area contributed by atoms with Crippen LogP contribution in [0.25, 0.3) is 0 Å². The fraction of sp³-hybridized carbons (Fsp3) is 0.938. The van der Waals surface area contributed by atoms with Gasteiger partial charge in [0.25, 0.3) is 0 Å². The second-order valence-electron chi connectivity index (χ2n) is 7.17. The summed E-state index contributed by atoms with van der Waals surface area (Å²) in [6.07, 6.45) is 6.06. The van der Waals surface area contributed by atoms with Crippen LogP contribution in [0.15, 0.2) is 0 Å². The molecule has 0 aromatic rings. The minimum absolute atomic E-state index is 0.131. The van der Waals surface area contributed by atoms with E-state index in [0.29, 0.717) is 18.6 Å². The van der Waals surface area contributed by atoms with E-state index in [0.717, 1.165) is 6.54 Å². The van der Waals surface area contributed by atoms with Gasteiger partial charge in [-0.3, -0.25) is 9.69 Å². The third-order valence-corrected chi connectivity index (χ3v) is 3.91. The summed E-state index contributed by atoms with van der Waals surface area (Å²) in [5.74, 6) is 0.131. The van der Waals surface area contributed by atoms with Crippen LogP contribution in [0.3, 0.4) is 0 Å². The Bertz CT molecular complexity index is 291. The minimum atomic E-state index is -0.139. The molecule has 0 saturated heterocycles. The van der Waals surface area contributed by atoms with Crippen LogP contribution in [-0.4, -0.2) is 48.6 Å². The average Bonchev–Trinajstić information content (AvgIpc) is 2.34. The highest BCUT2D eigenvalue weighted by Gasteiger charge is 2.25. The smallest absolute Gasteiger partial charge is 0.234 e. The molecule has 0 atom stereocenters. The first-order chi connectivity index (χ1) is 9.31. The molecule has 0 aromatic heterocycles. The van der Waals surface area contributed by atoms with Gasteiger partial charge in [0.05, 0.1) is 6.54 Å². The molecule has 0 heterocycles. The molecule has 1 amide bonds. The lowest BCUT2D eigenvalue weighted by Crippen LogP contribution is -2.48. The Morgan fingerprint density at radius 3 is 2.30 bits per heavy atom. The predicted molar refractivity (Wildman–Crippen MR) is 84.9 cm³/mol. The average molecular weight is 283 g/mol. The Kier molecular flexibility index (Phi) is 6.96. The Morgan fingerprint density at radius 2 is 1.80 bits per heavy atom. The molecule has 118 valence electrons. The first-order valence-electron chi connectivity index (χ1n) is 8.06. The van der Waals surface area contributed by atoms with E-state index < -0.39 is 0 Å². The van der Waals surface area contributed by atoms with Crippen molar-refractivity contribution in [2.24, 2.45) is 0 Å². The quantitative estimate of drug-likeness (QED) is 0.785. The van der Waals surface area contributed by atoms with Crippen LogP contribution in [0.4, 0.5) is 0 Å². The minimum Gasteiger partial charge on any atom is -0.350 e. The van der Waals surface area contributed by atoms with Crippen molar-refractivity contribution in [3.05, 3.63) is 0 Å². The molecule has 1 saturated carbocycles. The van der Waals surface area contributed by atoms with Crippen molar-refractivity contribution in [1.82, 2.24) is 15.5 Å². The molecular weight excluding hydrogens is 250 g/mol. The number of likely N-dealkylation sites (N-methyl/N-ethyl adjacent to an activating group) is 1. The third-order valence-electron chi connectivity index (χ3n) is 3.91.